The Labute approximate surface area is 150 Å². The van der Waals surface area contributed by atoms with E-state index in [0.717, 1.165) is 44.4 Å². The summed E-state index contributed by atoms with van der Waals surface area (Å²) in [4.78, 5) is 6.81. The molecule has 3 rings (SSSR count). The van der Waals surface area contributed by atoms with Crippen LogP contribution >= 0.6 is 0 Å². The third kappa shape index (κ3) is 4.21. The van der Waals surface area contributed by atoms with Crippen LogP contribution in [0.3, 0.4) is 0 Å². The van der Waals surface area contributed by atoms with Gasteiger partial charge in [0.1, 0.15) is 0 Å². The van der Waals surface area contributed by atoms with Gasteiger partial charge in [0.25, 0.3) is 0 Å². The Morgan fingerprint density at radius 1 is 0.840 bits per heavy atom. The van der Waals surface area contributed by atoms with Gasteiger partial charge in [-0.05, 0) is 25.6 Å². The van der Waals surface area contributed by atoms with E-state index in [1.807, 2.05) is 12.1 Å². The van der Waals surface area contributed by atoms with Gasteiger partial charge in [-0.2, -0.15) is 4.31 Å². The molecule has 2 saturated heterocycles. The number of aromatic nitrogens is 2. The Kier molecular flexibility index (Phi) is 5.75. The van der Waals surface area contributed by atoms with Gasteiger partial charge < -0.3 is 14.7 Å². The fourth-order valence-corrected chi connectivity index (χ4v) is 4.41. The van der Waals surface area contributed by atoms with E-state index in [4.69, 9.17) is 0 Å². The van der Waals surface area contributed by atoms with Crippen molar-refractivity contribution in [2.45, 2.75) is 13.8 Å². The highest BCUT2D eigenvalue weighted by molar-refractivity contribution is 7.89. The lowest BCUT2D eigenvalue weighted by atomic mass is 10.3. The van der Waals surface area contributed by atoms with Crippen LogP contribution in [-0.4, -0.2) is 92.5 Å². The first-order chi connectivity index (χ1) is 12.0. The van der Waals surface area contributed by atoms with Gasteiger partial charge in [-0.3, -0.25) is 0 Å². The maximum Gasteiger partial charge on any atom is 0.213 e. The molecule has 0 unspecified atom stereocenters. The molecule has 0 saturated carbocycles. The second-order valence-corrected chi connectivity index (χ2v) is 8.72. The van der Waals surface area contributed by atoms with Crippen LogP contribution in [0.4, 0.5) is 11.6 Å². The van der Waals surface area contributed by atoms with Gasteiger partial charge in [0.15, 0.2) is 11.6 Å². The Hall–Kier alpha value is -1.45. The fourth-order valence-electron chi connectivity index (χ4n) is 3.33. The van der Waals surface area contributed by atoms with Gasteiger partial charge in [0, 0.05) is 52.4 Å². The highest BCUT2D eigenvalue weighted by atomic mass is 32.2. The van der Waals surface area contributed by atoms with Crippen molar-refractivity contribution in [2.75, 3.05) is 74.5 Å². The summed E-state index contributed by atoms with van der Waals surface area (Å²) in [5, 5.41) is 8.77. The topological polar surface area (TPSA) is 72.9 Å². The normalized spacial score (nSPS) is 20.9. The standard InChI is InChI=1S/C16H28N6O2S/c1-3-19-7-9-20(10-8-19)15-5-6-16(18-17-15)21-11-13-22(14-12-21)25(23,24)4-2/h5-6H,3-4,7-14H2,1-2H3. The molecule has 8 nitrogen and oxygen atoms in total. The monoisotopic (exact) mass is 368 g/mol. The van der Waals surface area contributed by atoms with Crippen LogP contribution in [-0.2, 0) is 10.0 Å². The predicted molar refractivity (Wildman–Crippen MR) is 99.6 cm³/mol. The van der Waals surface area contributed by atoms with Crippen molar-refractivity contribution in [3.05, 3.63) is 12.1 Å². The molecule has 25 heavy (non-hydrogen) atoms. The highest BCUT2D eigenvalue weighted by Crippen LogP contribution is 2.18. The molecule has 0 aromatic carbocycles. The van der Waals surface area contributed by atoms with E-state index >= 15 is 0 Å². The lowest BCUT2D eigenvalue weighted by Crippen LogP contribution is -2.49. The van der Waals surface area contributed by atoms with Crippen molar-refractivity contribution in [1.82, 2.24) is 19.4 Å². The van der Waals surface area contributed by atoms with Gasteiger partial charge in [-0.15, -0.1) is 10.2 Å². The molecule has 140 valence electrons. The molecule has 0 N–H and O–H groups in total. The summed E-state index contributed by atoms with van der Waals surface area (Å²) in [6, 6.07) is 4.03. The minimum atomic E-state index is -3.09. The molecule has 0 bridgehead atoms. The predicted octanol–water partition coefficient (Wildman–Crippen LogP) is 0.0902. The molecular formula is C16H28N6O2S. The molecule has 2 aliphatic rings. The number of sulfonamides is 1. The number of anilines is 2. The van der Waals surface area contributed by atoms with Crippen molar-refractivity contribution >= 4 is 21.7 Å². The van der Waals surface area contributed by atoms with Crippen LogP contribution in [0.2, 0.25) is 0 Å². The molecule has 0 spiro atoms. The van der Waals surface area contributed by atoms with Gasteiger partial charge >= 0.3 is 0 Å². The average Bonchev–Trinajstić information content (AvgIpc) is 2.68. The lowest BCUT2D eigenvalue weighted by molar-refractivity contribution is 0.270. The first-order valence-corrected chi connectivity index (χ1v) is 10.7. The summed E-state index contributed by atoms with van der Waals surface area (Å²) in [6.07, 6.45) is 0. The largest absolute Gasteiger partial charge is 0.353 e. The Bertz CT molecular complexity index is 650. The van der Waals surface area contributed by atoms with E-state index < -0.39 is 10.0 Å². The zero-order valence-electron chi connectivity index (χ0n) is 15.1. The molecule has 0 radical (unpaired) electrons. The maximum atomic E-state index is 11.9. The molecule has 9 heteroatoms. The highest BCUT2D eigenvalue weighted by Gasteiger charge is 2.26. The Morgan fingerprint density at radius 2 is 1.32 bits per heavy atom. The number of likely N-dealkylation sites (N-methyl/N-ethyl adjacent to an activating group) is 1. The minimum absolute atomic E-state index is 0.160. The van der Waals surface area contributed by atoms with Crippen molar-refractivity contribution in [2.24, 2.45) is 0 Å². The maximum absolute atomic E-state index is 11.9. The first kappa shape index (κ1) is 18.3. The molecule has 1 aromatic heterocycles. The van der Waals surface area contributed by atoms with Crippen LogP contribution in [0.25, 0.3) is 0 Å². The van der Waals surface area contributed by atoms with E-state index in [1.54, 1.807) is 11.2 Å². The van der Waals surface area contributed by atoms with Crippen LogP contribution in [0, 0.1) is 0 Å². The summed E-state index contributed by atoms with van der Waals surface area (Å²) in [5.41, 5.74) is 0. The van der Waals surface area contributed by atoms with Gasteiger partial charge in [0.05, 0.1) is 5.75 Å². The number of nitrogens with zero attached hydrogens (tertiary/aromatic N) is 6. The third-order valence-corrected chi connectivity index (χ3v) is 6.98. The van der Waals surface area contributed by atoms with Crippen molar-refractivity contribution in [3.63, 3.8) is 0 Å². The van der Waals surface area contributed by atoms with Gasteiger partial charge in [-0.25, -0.2) is 8.42 Å². The number of hydrogen-bond donors (Lipinski definition) is 0. The summed E-state index contributed by atoms with van der Waals surface area (Å²) >= 11 is 0. The SMILES string of the molecule is CCN1CCN(c2ccc(N3CCN(S(=O)(=O)CC)CC3)nn2)CC1. The molecule has 2 aliphatic heterocycles. The molecule has 3 heterocycles. The van der Waals surface area contributed by atoms with Crippen LogP contribution in [0.1, 0.15) is 13.8 Å². The average molecular weight is 369 g/mol. The zero-order chi connectivity index (χ0) is 17.9. The van der Waals surface area contributed by atoms with E-state index in [0.29, 0.717) is 26.2 Å². The van der Waals surface area contributed by atoms with Crippen molar-refractivity contribution < 1.29 is 8.42 Å². The van der Waals surface area contributed by atoms with E-state index in [1.165, 1.54) is 0 Å². The summed E-state index contributed by atoms with van der Waals surface area (Å²) in [7, 11) is -3.09. The fraction of sp³-hybridized carbons (Fsp3) is 0.750. The first-order valence-electron chi connectivity index (χ1n) is 9.07. The molecular weight excluding hydrogens is 340 g/mol. The summed E-state index contributed by atoms with van der Waals surface area (Å²) < 4.78 is 25.4. The smallest absolute Gasteiger partial charge is 0.213 e. The molecule has 0 amide bonds. The Balaban J connectivity index is 1.57. The van der Waals surface area contributed by atoms with E-state index in [2.05, 4.69) is 31.8 Å². The molecule has 0 aliphatic carbocycles. The molecule has 0 atom stereocenters. The summed E-state index contributed by atoms with van der Waals surface area (Å²) in [5.74, 6) is 1.91. The number of piperazine rings is 2. The van der Waals surface area contributed by atoms with E-state index in [9.17, 15) is 8.42 Å². The number of rotatable bonds is 5. The summed E-state index contributed by atoms with van der Waals surface area (Å²) in [6.45, 7) is 11.4. The molecule has 2 fully saturated rings. The van der Waals surface area contributed by atoms with Crippen molar-refractivity contribution in [1.29, 1.82) is 0 Å². The third-order valence-electron chi connectivity index (χ3n) is 5.10. The van der Waals surface area contributed by atoms with Crippen LogP contribution < -0.4 is 9.80 Å². The van der Waals surface area contributed by atoms with Crippen LogP contribution in [0.5, 0.6) is 0 Å². The Morgan fingerprint density at radius 3 is 1.72 bits per heavy atom. The lowest BCUT2D eigenvalue weighted by Gasteiger charge is -2.35. The second kappa shape index (κ2) is 7.84. The van der Waals surface area contributed by atoms with Crippen LogP contribution in [0.15, 0.2) is 12.1 Å². The number of hydrogen-bond acceptors (Lipinski definition) is 7. The zero-order valence-corrected chi connectivity index (χ0v) is 16.0. The van der Waals surface area contributed by atoms with E-state index in [-0.39, 0.29) is 5.75 Å². The minimum Gasteiger partial charge on any atom is -0.353 e. The second-order valence-electron chi connectivity index (χ2n) is 6.46. The van der Waals surface area contributed by atoms with Gasteiger partial charge in [-0.1, -0.05) is 6.92 Å². The molecule has 1 aromatic rings. The van der Waals surface area contributed by atoms with Gasteiger partial charge in [0.2, 0.25) is 10.0 Å². The quantitative estimate of drug-likeness (QED) is 0.729. The van der Waals surface area contributed by atoms with Crippen molar-refractivity contribution in [3.8, 4) is 0 Å².